The summed E-state index contributed by atoms with van der Waals surface area (Å²) in [6, 6.07) is 68.4. The number of benzene rings is 8. The van der Waals surface area contributed by atoms with Crippen LogP contribution in [0.4, 0.5) is 0 Å². The number of rotatable bonds is 7. The lowest BCUT2D eigenvalue weighted by atomic mass is 9.94. The molecule has 0 aliphatic carbocycles. The highest BCUT2D eigenvalue weighted by molar-refractivity contribution is 7.85. The van der Waals surface area contributed by atoms with Crippen molar-refractivity contribution in [3.8, 4) is 51.0 Å². The zero-order valence-electron chi connectivity index (χ0n) is 31.2. The summed E-state index contributed by atoms with van der Waals surface area (Å²) in [7, 11) is -3.12. The van der Waals surface area contributed by atoms with Crippen LogP contribution in [0.5, 0.6) is 0 Å². The molecule has 0 aliphatic heterocycles. The topological polar surface area (TPSA) is 79.5 Å². The molecule has 10 aromatic rings. The third-order valence-electron chi connectivity index (χ3n) is 10.8. The lowest BCUT2D eigenvalue weighted by molar-refractivity contribution is 0.592. The lowest BCUT2D eigenvalue weighted by Crippen LogP contribution is -2.24. The molecular formula is C52H33N4OP. The number of nitriles is 1. The normalized spacial score (nSPS) is 11.5. The third kappa shape index (κ3) is 5.96. The minimum Gasteiger partial charge on any atom is -0.309 e. The highest BCUT2D eigenvalue weighted by atomic mass is 31.2. The average Bonchev–Trinajstić information content (AvgIpc) is 3.31. The largest absolute Gasteiger partial charge is 0.309 e. The van der Waals surface area contributed by atoms with E-state index < -0.39 is 7.14 Å². The van der Waals surface area contributed by atoms with Gasteiger partial charge in [-0.1, -0.05) is 182 Å². The first-order valence-electron chi connectivity index (χ1n) is 19.1. The van der Waals surface area contributed by atoms with E-state index in [4.69, 9.17) is 15.0 Å². The second-order valence-corrected chi connectivity index (χ2v) is 17.0. The summed E-state index contributed by atoms with van der Waals surface area (Å²) in [5.41, 5.74) is 9.39. The van der Waals surface area contributed by atoms with Crippen molar-refractivity contribution < 1.29 is 4.57 Å². The third-order valence-corrected chi connectivity index (χ3v) is 13.8. The Morgan fingerprint density at radius 2 is 0.897 bits per heavy atom. The molecule has 8 aromatic carbocycles. The molecule has 0 saturated carbocycles. The average molecular weight is 761 g/mol. The van der Waals surface area contributed by atoms with Gasteiger partial charge in [-0.2, -0.15) is 5.26 Å². The minimum absolute atomic E-state index is 0.429. The number of fused-ring (bicyclic) bond motifs is 5. The van der Waals surface area contributed by atoms with Crippen molar-refractivity contribution in [2.45, 2.75) is 0 Å². The van der Waals surface area contributed by atoms with Crippen LogP contribution in [0.2, 0.25) is 0 Å². The van der Waals surface area contributed by atoms with E-state index in [1.807, 2.05) is 176 Å². The van der Waals surface area contributed by atoms with Gasteiger partial charge in [0, 0.05) is 48.8 Å². The fourth-order valence-corrected chi connectivity index (χ4v) is 10.6. The minimum atomic E-state index is -3.12. The summed E-state index contributed by atoms with van der Waals surface area (Å²) in [4.78, 5) is 15.9. The molecule has 0 amide bonds. The summed E-state index contributed by atoms with van der Waals surface area (Å²) in [6.07, 6.45) is 0. The quantitative estimate of drug-likeness (QED) is 0.119. The van der Waals surface area contributed by atoms with E-state index in [1.165, 1.54) is 0 Å². The maximum atomic E-state index is 15.0. The van der Waals surface area contributed by atoms with Gasteiger partial charge in [-0.25, -0.2) is 15.0 Å². The molecule has 0 fully saturated rings. The molecule has 0 atom stereocenters. The van der Waals surface area contributed by atoms with E-state index in [0.29, 0.717) is 16.6 Å². The van der Waals surface area contributed by atoms with Gasteiger partial charge in [-0.15, -0.1) is 0 Å². The number of aromatic nitrogens is 3. The number of hydrogen-bond acceptors (Lipinski definition) is 5. The van der Waals surface area contributed by atoms with E-state index in [2.05, 4.69) is 30.3 Å². The zero-order valence-corrected chi connectivity index (χ0v) is 32.1. The van der Waals surface area contributed by atoms with Gasteiger partial charge in [-0.3, -0.25) is 0 Å². The number of nitrogens with zero attached hydrogens (tertiary/aromatic N) is 4. The Morgan fingerprint density at radius 1 is 0.397 bits per heavy atom. The molecule has 0 spiro atoms. The highest BCUT2D eigenvalue weighted by Gasteiger charge is 2.29. The highest BCUT2D eigenvalue weighted by Crippen LogP contribution is 2.44. The predicted molar refractivity (Wildman–Crippen MR) is 238 cm³/mol. The smallest absolute Gasteiger partial charge is 0.171 e. The van der Waals surface area contributed by atoms with Crippen molar-refractivity contribution in [2.24, 2.45) is 0 Å². The van der Waals surface area contributed by atoms with Gasteiger partial charge >= 0.3 is 0 Å². The van der Waals surface area contributed by atoms with E-state index in [-0.39, 0.29) is 0 Å². The molecule has 0 aliphatic rings. The summed E-state index contributed by atoms with van der Waals surface area (Å²) >= 11 is 0. The van der Waals surface area contributed by atoms with E-state index in [1.54, 1.807) is 0 Å². The Bertz CT molecular complexity index is 3200. The van der Waals surface area contributed by atoms with Crippen molar-refractivity contribution in [2.75, 3.05) is 0 Å². The van der Waals surface area contributed by atoms with Crippen molar-refractivity contribution in [3.05, 3.63) is 206 Å². The van der Waals surface area contributed by atoms with Gasteiger partial charge < -0.3 is 4.57 Å². The van der Waals surface area contributed by atoms with Gasteiger partial charge in [0.05, 0.1) is 33.7 Å². The van der Waals surface area contributed by atoms with Crippen LogP contribution in [0.3, 0.4) is 0 Å². The molecule has 0 radical (unpaired) electrons. The molecular weight excluding hydrogens is 728 g/mol. The summed E-state index contributed by atoms with van der Waals surface area (Å²) in [5, 5.41) is 15.7. The molecule has 2 aromatic heterocycles. The SMILES string of the molecule is N#Cc1cc2c(-c3cccc(-c4ccc(P(=O)(c5ccccc5)c5ccccc5)cc4)c3)nc3ccccc3c2c2nc(-c3ccccc3)c(-c3ccccc3)nc12. The van der Waals surface area contributed by atoms with Crippen LogP contribution in [0.15, 0.2) is 200 Å². The Hall–Kier alpha value is -7.51. The maximum Gasteiger partial charge on any atom is 0.171 e. The van der Waals surface area contributed by atoms with Gasteiger partial charge in [0.25, 0.3) is 0 Å². The van der Waals surface area contributed by atoms with Crippen LogP contribution in [-0.4, -0.2) is 15.0 Å². The molecule has 5 nitrogen and oxygen atoms in total. The number of hydrogen-bond donors (Lipinski definition) is 0. The number of para-hydroxylation sites is 1. The predicted octanol–water partition coefficient (Wildman–Crippen LogP) is 11.5. The number of pyridine rings is 1. The monoisotopic (exact) mass is 760 g/mol. The van der Waals surface area contributed by atoms with Crippen LogP contribution in [0, 0.1) is 11.3 Å². The van der Waals surface area contributed by atoms with Crippen LogP contribution < -0.4 is 15.9 Å². The van der Waals surface area contributed by atoms with Crippen molar-refractivity contribution >= 4 is 55.8 Å². The second-order valence-electron chi connectivity index (χ2n) is 14.2. The molecule has 0 saturated heterocycles. The lowest BCUT2D eigenvalue weighted by Gasteiger charge is -2.20. The summed E-state index contributed by atoms with van der Waals surface area (Å²) < 4.78 is 15.0. The van der Waals surface area contributed by atoms with Crippen molar-refractivity contribution in [1.29, 1.82) is 5.26 Å². The van der Waals surface area contributed by atoms with Crippen LogP contribution in [-0.2, 0) is 4.57 Å². The Labute approximate surface area is 336 Å². The Kier molecular flexibility index (Phi) is 8.75. The molecule has 2 heterocycles. The van der Waals surface area contributed by atoms with E-state index >= 15 is 4.57 Å². The fourth-order valence-electron chi connectivity index (χ4n) is 7.97. The first kappa shape index (κ1) is 34.9. The molecule has 10 rings (SSSR count). The molecule has 0 bridgehead atoms. The first-order chi connectivity index (χ1) is 28.6. The summed E-state index contributed by atoms with van der Waals surface area (Å²) in [6.45, 7) is 0. The Balaban J connectivity index is 1.16. The standard InChI is InChI=1S/C52H33N4OP/c53-34-40-33-45-47(52-51(40)55-49(36-16-5-1-6-17-36)50(56-52)37-18-7-2-8-19-37)44-26-13-14-27-46(44)54-48(45)39-21-15-20-38(32-39)35-28-30-43(31-29-35)58(57,41-22-9-3-10-23-41)42-24-11-4-12-25-42/h1-33H. The van der Waals surface area contributed by atoms with E-state index in [0.717, 1.165) is 82.5 Å². The van der Waals surface area contributed by atoms with Crippen LogP contribution in [0.1, 0.15) is 5.56 Å². The second kappa shape index (κ2) is 14.5. The molecule has 0 N–H and O–H groups in total. The summed E-state index contributed by atoms with van der Waals surface area (Å²) in [5.74, 6) is 0. The molecule has 58 heavy (non-hydrogen) atoms. The first-order valence-corrected chi connectivity index (χ1v) is 20.8. The molecule has 0 unspecified atom stereocenters. The molecule has 6 heteroatoms. The van der Waals surface area contributed by atoms with Crippen LogP contribution >= 0.6 is 7.14 Å². The van der Waals surface area contributed by atoms with Gasteiger partial charge in [0.2, 0.25) is 0 Å². The Morgan fingerprint density at radius 3 is 1.50 bits per heavy atom. The van der Waals surface area contributed by atoms with Crippen molar-refractivity contribution in [3.63, 3.8) is 0 Å². The van der Waals surface area contributed by atoms with E-state index in [9.17, 15) is 5.26 Å². The fraction of sp³-hybridized carbons (Fsp3) is 0. The van der Waals surface area contributed by atoms with Gasteiger partial charge in [0.1, 0.15) is 11.6 Å². The molecule has 272 valence electrons. The van der Waals surface area contributed by atoms with Crippen LogP contribution in [0.25, 0.3) is 77.6 Å². The van der Waals surface area contributed by atoms with Gasteiger partial charge in [-0.05, 0) is 29.3 Å². The zero-order chi connectivity index (χ0) is 39.1. The maximum absolute atomic E-state index is 15.0. The van der Waals surface area contributed by atoms with Crippen molar-refractivity contribution in [1.82, 2.24) is 15.0 Å². The van der Waals surface area contributed by atoms with Gasteiger partial charge in [0.15, 0.2) is 7.14 Å².